The average Bonchev–Trinajstić information content (AvgIpc) is 2.67. The van der Waals surface area contributed by atoms with E-state index in [-0.39, 0.29) is 12.5 Å². The molecule has 0 spiro atoms. The molecule has 0 bridgehead atoms. The zero-order valence-electron chi connectivity index (χ0n) is 8.01. The molecular weight excluding hydrogens is 234 g/mol. The van der Waals surface area contributed by atoms with Crippen molar-refractivity contribution in [2.75, 3.05) is 18.1 Å². The predicted octanol–water partition coefficient (Wildman–Crippen LogP) is 1.57. The number of rotatable bonds is 3. The molecule has 1 fully saturated rings. The monoisotopic (exact) mass is 245 g/mol. The summed E-state index contributed by atoms with van der Waals surface area (Å²) in [6, 6.07) is 0. The Bertz CT molecular complexity index is 347. The van der Waals surface area contributed by atoms with Crippen LogP contribution in [0.4, 0.5) is 0 Å². The zero-order chi connectivity index (χ0) is 10.7. The number of thioether (sulfide) groups is 1. The second kappa shape index (κ2) is 4.96. The van der Waals surface area contributed by atoms with Crippen LogP contribution in [0.3, 0.4) is 0 Å². The quantitative estimate of drug-likeness (QED) is 0.876. The minimum absolute atomic E-state index is 0.00361. The highest BCUT2D eigenvalue weighted by Gasteiger charge is 2.20. The standard InChI is InChI=1S/C9H11NO3S2/c11-8(12)3-6-4-15-9(10-6)7-5-14-2-1-13-7/h4,7H,1-3,5H2,(H,11,12). The lowest BCUT2D eigenvalue weighted by Gasteiger charge is -2.19. The van der Waals surface area contributed by atoms with E-state index in [1.165, 1.54) is 11.3 Å². The molecule has 2 rings (SSSR count). The summed E-state index contributed by atoms with van der Waals surface area (Å²) in [5, 5.41) is 11.3. The molecular formula is C9H11NO3S2. The Labute approximate surface area is 95.7 Å². The van der Waals surface area contributed by atoms with E-state index in [9.17, 15) is 4.79 Å². The molecule has 15 heavy (non-hydrogen) atoms. The van der Waals surface area contributed by atoms with Gasteiger partial charge < -0.3 is 9.84 Å². The van der Waals surface area contributed by atoms with Crippen molar-refractivity contribution in [2.24, 2.45) is 0 Å². The third-order valence-corrected chi connectivity index (χ3v) is 3.97. The zero-order valence-corrected chi connectivity index (χ0v) is 9.64. The Hall–Kier alpha value is -0.590. The molecule has 2 heterocycles. The Balaban J connectivity index is 2.02. The third kappa shape index (κ3) is 2.93. The van der Waals surface area contributed by atoms with Crippen LogP contribution in [0.1, 0.15) is 16.8 Å². The Morgan fingerprint density at radius 3 is 3.27 bits per heavy atom. The number of carbonyl (C=O) groups is 1. The maximum atomic E-state index is 10.5. The predicted molar refractivity (Wildman–Crippen MR) is 59.5 cm³/mol. The van der Waals surface area contributed by atoms with E-state index in [0.717, 1.165) is 23.1 Å². The van der Waals surface area contributed by atoms with Crippen LogP contribution in [-0.4, -0.2) is 34.2 Å². The first-order valence-corrected chi connectivity index (χ1v) is 6.64. The van der Waals surface area contributed by atoms with Crippen LogP contribution in [-0.2, 0) is 16.0 Å². The Kier molecular flexibility index (Phi) is 3.61. The molecule has 0 radical (unpaired) electrons. The number of ether oxygens (including phenoxy) is 1. The van der Waals surface area contributed by atoms with Gasteiger partial charge in [-0.3, -0.25) is 4.79 Å². The van der Waals surface area contributed by atoms with Crippen molar-refractivity contribution in [1.82, 2.24) is 4.98 Å². The largest absolute Gasteiger partial charge is 0.481 e. The summed E-state index contributed by atoms with van der Waals surface area (Å²) in [6.07, 6.45) is 0.0485. The van der Waals surface area contributed by atoms with E-state index in [1.807, 2.05) is 11.8 Å². The summed E-state index contributed by atoms with van der Waals surface area (Å²) in [5.41, 5.74) is 0.627. The Morgan fingerprint density at radius 2 is 2.60 bits per heavy atom. The Morgan fingerprint density at radius 1 is 1.73 bits per heavy atom. The van der Waals surface area contributed by atoms with Crippen LogP contribution in [0, 0.1) is 0 Å². The van der Waals surface area contributed by atoms with E-state index in [1.54, 1.807) is 5.38 Å². The molecule has 1 aromatic heterocycles. The summed E-state index contributed by atoms with van der Waals surface area (Å²) >= 11 is 3.33. The first kappa shape index (κ1) is 10.9. The van der Waals surface area contributed by atoms with E-state index in [2.05, 4.69) is 4.98 Å². The fourth-order valence-corrected chi connectivity index (χ4v) is 3.16. The second-order valence-corrected chi connectivity index (χ2v) is 5.22. The number of carboxylic acid groups (broad SMARTS) is 1. The fourth-order valence-electron chi connectivity index (χ4n) is 1.34. The molecule has 0 saturated carbocycles. The maximum Gasteiger partial charge on any atom is 0.309 e. The van der Waals surface area contributed by atoms with Crippen LogP contribution in [0.25, 0.3) is 0 Å². The molecule has 1 atom stereocenters. The molecule has 1 aliphatic heterocycles. The smallest absolute Gasteiger partial charge is 0.309 e. The topological polar surface area (TPSA) is 59.4 Å². The summed E-state index contributed by atoms with van der Waals surface area (Å²) < 4.78 is 5.56. The molecule has 0 aliphatic carbocycles. The summed E-state index contributed by atoms with van der Waals surface area (Å²) in [4.78, 5) is 14.8. The highest BCUT2D eigenvalue weighted by molar-refractivity contribution is 7.99. The average molecular weight is 245 g/mol. The molecule has 0 amide bonds. The highest BCUT2D eigenvalue weighted by atomic mass is 32.2. The first-order valence-electron chi connectivity index (χ1n) is 4.61. The molecule has 1 aliphatic rings. The van der Waals surface area contributed by atoms with Gasteiger partial charge in [0.2, 0.25) is 0 Å². The van der Waals surface area contributed by atoms with Gasteiger partial charge in [0.25, 0.3) is 0 Å². The van der Waals surface area contributed by atoms with Crippen molar-refractivity contribution >= 4 is 29.1 Å². The van der Waals surface area contributed by atoms with E-state index < -0.39 is 5.97 Å². The lowest BCUT2D eigenvalue weighted by molar-refractivity contribution is -0.136. The van der Waals surface area contributed by atoms with Crippen LogP contribution < -0.4 is 0 Å². The van der Waals surface area contributed by atoms with Crippen molar-refractivity contribution in [1.29, 1.82) is 0 Å². The first-order chi connectivity index (χ1) is 7.25. The molecule has 1 unspecified atom stereocenters. The van der Waals surface area contributed by atoms with Crippen LogP contribution >= 0.6 is 23.1 Å². The van der Waals surface area contributed by atoms with Crippen LogP contribution in [0.5, 0.6) is 0 Å². The lowest BCUT2D eigenvalue weighted by Crippen LogP contribution is -2.15. The number of nitrogens with zero attached hydrogens (tertiary/aromatic N) is 1. The van der Waals surface area contributed by atoms with Crippen LogP contribution in [0.2, 0.25) is 0 Å². The number of hydrogen-bond acceptors (Lipinski definition) is 5. The van der Waals surface area contributed by atoms with Crippen molar-refractivity contribution in [3.8, 4) is 0 Å². The molecule has 1 N–H and O–H groups in total. The summed E-state index contributed by atoms with van der Waals surface area (Å²) in [6.45, 7) is 0.753. The fraction of sp³-hybridized carbons (Fsp3) is 0.556. The third-order valence-electron chi connectivity index (χ3n) is 1.99. The van der Waals surface area contributed by atoms with Crippen molar-refractivity contribution < 1.29 is 14.6 Å². The van der Waals surface area contributed by atoms with Gasteiger partial charge >= 0.3 is 5.97 Å². The number of aliphatic carboxylic acids is 1. The van der Waals surface area contributed by atoms with Gasteiger partial charge in [0, 0.05) is 16.9 Å². The summed E-state index contributed by atoms with van der Waals surface area (Å²) in [5.74, 6) is 1.11. The highest BCUT2D eigenvalue weighted by Crippen LogP contribution is 2.28. The SMILES string of the molecule is O=C(O)Cc1csc(C2CSCCO2)n1. The molecule has 1 aromatic rings. The minimum Gasteiger partial charge on any atom is -0.481 e. The van der Waals surface area contributed by atoms with Crippen molar-refractivity contribution in [2.45, 2.75) is 12.5 Å². The number of thiazole rings is 1. The van der Waals surface area contributed by atoms with Gasteiger partial charge in [-0.2, -0.15) is 11.8 Å². The van der Waals surface area contributed by atoms with Crippen molar-refractivity contribution in [3.63, 3.8) is 0 Å². The minimum atomic E-state index is -0.842. The lowest BCUT2D eigenvalue weighted by atomic mass is 10.3. The molecule has 4 nitrogen and oxygen atoms in total. The van der Waals surface area contributed by atoms with Gasteiger partial charge in [-0.25, -0.2) is 4.98 Å². The molecule has 1 saturated heterocycles. The molecule has 6 heteroatoms. The molecule has 82 valence electrons. The summed E-state index contributed by atoms with van der Waals surface area (Å²) in [7, 11) is 0. The number of aromatic nitrogens is 1. The van der Waals surface area contributed by atoms with Gasteiger partial charge in [-0.1, -0.05) is 0 Å². The molecule has 0 aromatic carbocycles. The van der Waals surface area contributed by atoms with Crippen LogP contribution in [0.15, 0.2) is 5.38 Å². The maximum absolute atomic E-state index is 10.5. The number of hydrogen-bond donors (Lipinski definition) is 1. The van der Waals surface area contributed by atoms with E-state index in [4.69, 9.17) is 9.84 Å². The van der Waals surface area contributed by atoms with E-state index >= 15 is 0 Å². The van der Waals surface area contributed by atoms with Gasteiger partial charge in [0.15, 0.2) is 0 Å². The van der Waals surface area contributed by atoms with Crippen molar-refractivity contribution in [3.05, 3.63) is 16.1 Å². The van der Waals surface area contributed by atoms with E-state index in [0.29, 0.717) is 5.69 Å². The second-order valence-electron chi connectivity index (χ2n) is 3.18. The van der Waals surface area contributed by atoms with Gasteiger partial charge in [0.05, 0.1) is 18.7 Å². The van der Waals surface area contributed by atoms with Gasteiger partial charge in [-0.15, -0.1) is 11.3 Å². The normalized spacial score (nSPS) is 21.5. The van der Waals surface area contributed by atoms with Gasteiger partial charge in [0.1, 0.15) is 11.1 Å². The number of carboxylic acids is 1. The van der Waals surface area contributed by atoms with Gasteiger partial charge in [-0.05, 0) is 0 Å².